The standard InChI is InChI=1S/C13H18N2O3S/c1-9-3-4-12(14)11(7-9)13(16)15(2)10-5-6-19(17,18)8-10/h3-4,7,10H,5-6,8,14H2,1-2H3. The zero-order valence-corrected chi connectivity index (χ0v) is 11.9. The Kier molecular flexibility index (Phi) is 3.54. The van der Waals surface area contributed by atoms with Crippen LogP contribution in [0.2, 0.25) is 0 Å². The fourth-order valence-corrected chi connectivity index (χ4v) is 4.07. The lowest BCUT2D eigenvalue weighted by Crippen LogP contribution is -2.38. The molecule has 2 rings (SSSR count). The van der Waals surface area contributed by atoms with Gasteiger partial charge < -0.3 is 10.6 Å². The number of carbonyl (C=O) groups excluding carboxylic acids is 1. The summed E-state index contributed by atoms with van der Waals surface area (Å²) in [4.78, 5) is 13.9. The van der Waals surface area contributed by atoms with Crippen LogP contribution < -0.4 is 5.73 Å². The molecule has 5 nitrogen and oxygen atoms in total. The molecule has 104 valence electrons. The van der Waals surface area contributed by atoms with Crippen LogP contribution in [0.3, 0.4) is 0 Å². The topological polar surface area (TPSA) is 80.5 Å². The largest absolute Gasteiger partial charge is 0.398 e. The van der Waals surface area contributed by atoms with E-state index in [4.69, 9.17) is 5.73 Å². The molecule has 1 unspecified atom stereocenters. The third-order valence-corrected chi connectivity index (χ3v) is 5.27. The van der Waals surface area contributed by atoms with Gasteiger partial charge in [0, 0.05) is 18.8 Å². The molecule has 1 aliphatic heterocycles. The first kappa shape index (κ1) is 13.9. The lowest BCUT2D eigenvalue weighted by molar-refractivity contribution is 0.0748. The maximum absolute atomic E-state index is 12.4. The van der Waals surface area contributed by atoms with Crippen molar-refractivity contribution in [3.8, 4) is 0 Å². The third-order valence-electron chi connectivity index (χ3n) is 3.52. The van der Waals surface area contributed by atoms with Crippen molar-refractivity contribution in [2.45, 2.75) is 19.4 Å². The number of hydrogen-bond donors (Lipinski definition) is 1. The third kappa shape index (κ3) is 2.89. The molecule has 2 N–H and O–H groups in total. The van der Waals surface area contributed by atoms with E-state index in [1.54, 1.807) is 19.2 Å². The highest BCUT2D eigenvalue weighted by Crippen LogP contribution is 2.21. The van der Waals surface area contributed by atoms with E-state index in [9.17, 15) is 13.2 Å². The van der Waals surface area contributed by atoms with E-state index >= 15 is 0 Å². The van der Waals surface area contributed by atoms with Crippen molar-refractivity contribution >= 4 is 21.4 Å². The van der Waals surface area contributed by atoms with E-state index < -0.39 is 9.84 Å². The minimum Gasteiger partial charge on any atom is -0.398 e. The number of carbonyl (C=O) groups is 1. The van der Waals surface area contributed by atoms with Gasteiger partial charge in [0.2, 0.25) is 0 Å². The molecule has 0 saturated carbocycles. The van der Waals surface area contributed by atoms with E-state index in [1.807, 2.05) is 13.0 Å². The molecule has 1 aromatic carbocycles. The minimum atomic E-state index is -3.00. The van der Waals surface area contributed by atoms with E-state index in [-0.39, 0.29) is 23.5 Å². The van der Waals surface area contributed by atoms with Gasteiger partial charge in [-0.1, -0.05) is 11.6 Å². The Hall–Kier alpha value is -1.56. The summed E-state index contributed by atoms with van der Waals surface area (Å²) in [6, 6.07) is 5.02. The van der Waals surface area contributed by atoms with Crippen LogP contribution in [0.15, 0.2) is 18.2 Å². The van der Waals surface area contributed by atoms with Crippen molar-refractivity contribution in [2.24, 2.45) is 0 Å². The van der Waals surface area contributed by atoms with Gasteiger partial charge in [-0.2, -0.15) is 0 Å². The van der Waals surface area contributed by atoms with Gasteiger partial charge >= 0.3 is 0 Å². The normalized spacial score (nSPS) is 21.3. The van der Waals surface area contributed by atoms with Gasteiger partial charge in [0.05, 0.1) is 17.1 Å². The van der Waals surface area contributed by atoms with Gasteiger partial charge in [-0.25, -0.2) is 8.42 Å². The molecular formula is C13H18N2O3S. The van der Waals surface area contributed by atoms with Crippen molar-refractivity contribution < 1.29 is 13.2 Å². The summed E-state index contributed by atoms with van der Waals surface area (Å²) in [5.41, 5.74) is 7.62. The summed E-state index contributed by atoms with van der Waals surface area (Å²) in [6.45, 7) is 1.89. The summed E-state index contributed by atoms with van der Waals surface area (Å²) in [6.07, 6.45) is 0.496. The average molecular weight is 282 g/mol. The first-order valence-electron chi connectivity index (χ1n) is 6.14. The van der Waals surface area contributed by atoms with Crippen LogP contribution in [0.25, 0.3) is 0 Å². The van der Waals surface area contributed by atoms with Crippen LogP contribution in [-0.2, 0) is 9.84 Å². The predicted octanol–water partition coefficient (Wildman–Crippen LogP) is 0.836. The maximum Gasteiger partial charge on any atom is 0.255 e. The van der Waals surface area contributed by atoms with Crippen LogP contribution in [-0.4, -0.2) is 43.8 Å². The van der Waals surface area contributed by atoms with Crippen LogP contribution in [0.4, 0.5) is 5.69 Å². The van der Waals surface area contributed by atoms with Crippen molar-refractivity contribution in [1.82, 2.24) is 4.90 Å². The minimum absolute atomic E-state index is 0.0426. The Labute approximate surface area is 113 Å². The van der Waals surface area contributed by atoms with Crippen LogP contribution in [0, 0.1) is 6.92 Å². The second-order valence-corrected chi connectivity index (χ2v) is 7.29. The zero-order valence-electron chi connectivity index (χ0n) is 11.1. The number of benzene rings is 1. The van der Waals surface area contributed by atoms with Crippen molar-refractivity contribution in [3.05, 3.63) is 29.3 Å². The van der Waals surface area contributed by atoms with Gasteiger partial charge in [0.1, 0.15) is 0 Å². The van der Waals surface area contributed by atoms with Gasteiger partial charge in [0.25, 0.3) is 5.91 Å². The van der Waals surface area contributed by atoms with Crippen molar-refractivity contribution in [1.29, 1.82) is 0 Å². The summed E-state index contributed by atoms with van der Waals surface area (Å²) in [5.74, 6) is -0.0252. The molecular weight excluding hydrogens is 264 g/mol. The average Bonchev–Trinajstić information content (AvgIpc) is 2.71. The number of anilines is 1. The number of rotatable bonds is 2. The Morgan fingerprint density at radius 3 is 2.68 bits per heavy atom. The molecule has 1 amide bonds. The Morgan fingerprint density at radius 2 is 2.11 bits per heavy atom. The molecule has 1 heterocycles. The highest BCUT2D eigenvalue weighted by atomic mass is 32.2. The highest BCUT2D eigenvalue weighted by molar-refractivity contribution is 7.91. The molecule has 0 bridgehead atoms. The Bertz CT molecular complexity index is 610. The smallest absolute Gasteiger partial charge is 0.255 e. The summed E-state index contributed by atoms with van der Waals surface area (Å²) in [5, 5.41) is 0. The second kappa shape index (κ2) is 4.85. The molecule has 1 atom stereocenters. The first-order chi connectivity index (χ1) is 8.80. The molecule has 19 heavy (non-hydrogen) atoms. The highest BCUT2D eigenvalue weighted by Gasteiger charge is 2.33. The molecule has 0 aliphatic carbocycles. The monoisotopic (exact) mass is 282 g/mol. The lowest BCUT2D eigenvalue weighted by Gasteiger charge is -2.24. The van der Waals surface area contributed by atoms with Crippen LogP contribution in [0.5, 0.6) is 0 Å². The number of nitrogen functional groups attached to an aromatic ring is 1. The van der Waals surface area contributed by atoms with E-state index in [2.05, 4.69) is 0 Å². The summed E-state index contributed by atoms with van der Waals surface area (Å²) < 4.78 is 22.9. The van der Waals surface area contributed by atoms with E-state index in [1.165, 1.54) is 4.90 Å². The fraction of sp³-hybridized carbons (Fsp3) is 0.462. The molecule has 6 heteroatoms. The summed E-state index contributed by atoms with van der Waals surface area (Å²) in [7, 11) is -1.37. The van der Waals surface area contributed by atoms with Crippen LogP contribution >= 0.6 is 0 Å². The molecule has 0 spiro atoms. The van der Waals surface area contributed by atoms with E-state index in [0.717, 1.165) is 5.56 Å². The number of nitrogens with zero attached hydrogens (tertiary/aromatic N) is 1. The number of hydrogen-bond acceptors (Lipinski definition) is 4. The molecule has 0 aromatic heterocycles. The van der Waals surface area contributed by atoms with Gasteiger partial charge in [-0.3, -0.25) is 4.79 Å². The van der Waals surface area contributed by atoms with Crippen LogP contribution in [0.1, 0.15) is 22.3 Å². The molecule has 1 aromatic rings. The summed E-state index contributed by atoms with van der Waals surface area (Å²) >= 11 is 0. The molecule has 1 saturated heterocycles. The zero-order chi connectivity index (χ0) is 14.2. The number of nitrogens with two attached hydrogens (primary N) is 1. The second-order valence-electron chi connectivity index (χ2n) is 5.06. The first-order valence-corrected chi connectivity index (χ1v) is 7.96. The SMILES string of the molecule is Cc1ccc(N)c(C(=O)N(C)C2CCS(=O)(=O)C2)c1. The molecule has 1 aliphatic rings. The Balaban J connectivity index is 2.22. The van der Waals surface area contributed by atoms with Gasteiger partial charge in [0.15, 0.2) is 9.84 Å². The number of aryl methyl sites for hydroxylation is 1. The van der Waals surface area contributed by atoms with Crippen molar-refractivity contribution in [3.63, 3.8) is 0 Å². The number of amides is 1. The number of sulfone groups is 1. The van der Waals surface area contributed by atoms with E-state index in [0.29, 0.717) is 17.7 Å². The molecule has 1 fully saturated rings. The lowest BCUT2D eigenvalue weighted by atomic mass is 10.1. The van der Waals surface area contributed by atoms with Gasteiger partial charge in [-0.05, 0) is 25.5 Å². The maximum atomic E-state index is 12.4. The van der Waals surface area contributed by atoms with Gasteiger partial charge in [-0.15, -0.1) is 0 Å². The molecule has 0 radical (unpaired) electrons. The fourth-order valence-electron chi connectivity index (χ4n) is 2.29. The quantitative estimate of drug-likeness (QED) is 0.815. The predicted molar refractivity (Wildman–Crippen MR) is 74.7 cm³/mol. The Morgan fingerprint density at radius 1 is 1.42 bits per heavy atom. The van der Waals surface area contributed by atoms with Crippen molar-refractivity contribution in [2.75, 3.05) is 24.3 Å².